The van der Waals surface area contributed by atoms with Crippen LogP contribution >= 0.6 is 31.9 Å². The van der Waals surface area contributed by atoms with Crippen molar-refractivity contribution in [2.75, 3.05) is 5.32 Å². The van der Waals surface area contributed by atoms with Gasteiger partial charge in [-0.25, -0.2) is 9.82 Å². The van der Waals surface area contributed by atoms with Crippen LogP contribution in [0.1, 0.15) is 5.56 Å². The number of carbonyl (C=O) groups is 2. The van der Waals surface area contributed by atoms with Gasteiger partial charge >= 0.3 is 11.8 Å². The number of carbonyl (C=O) groups excluding carboxylic acids is 2. The van der Waals surface area contributed by atoms with E-state index in [0.29, 0.717) is 14.5 Å². The summed E-state index contributed by atoms with van der Waals surface area (Å²) in [6.45, 7) is 0. The molecule has 6 nitrogen and oxygen atoms in total. The van der Waals surface area contributed by atoms with Gasteiger partial charge in [-0.2, -0.15) is 5.10 Å². The molecule has 0 fully saturated rings. The molecule has 124 valence electrons. The molecule has 0 radical (unpaired) electrons. The van der Waals surface area contributed by atoms with E-state index in [0.717, 1.165) is 6.07 Å². The van der Waals surface area contributed by atoms with E-state index in [1.165, 1.54) is 24.4 Å². The second-order valence-electron chi connectivity index (χ2n) is 4.48. The highest BCUT2D eigenvalue weighted by molar-refractivity contribution is 9.10. The Bertz CT molecular complexity index is 828. The molecular formula is C15H10Br2FN3O3. The van der Waals surface area contributed by atoms with Crippen molar-refractivity contribution >= 4 is 55.6 Å². The molecule has 2 aromatic carbocycles. The Kier molecular flexibility index (Phi) is 6.04. The highest BCUT2D eigenvalue weighted by Crippen LogP contribution is 2.20. The number of benzene rings is 2. The standard InChI is InChI=1S/C15H10Br2FN3O3/c16-9-2-4-13(22)8(5-9)7-19-21-15(24)14(23)20-12-3-1-10(17)6-11(12)18/h1-7,22H,(H,20,23)(H,21,24)/b19-7+. The first-order valence-electron chi connectivity index (χ1n) is 6.45. The van der Waals surface area contributed by atoms with E-state index >= 15 is 0 Å². The van der Waals surface area contributed by atoms with Gasteiger partial charge < -0.3 is 10.4 Å². The summed E-state index contributed by atoms with van der Waals surface area (Å²) in [5, 5.41) is 15.3. The summed E-state index contributed by atoms with van der Waals surface area (Å²) in [6, 6.07) is 8.63. The SMILES string of the molecule is O=C(N/N=C/c1cc(Br)ccc1O)C(=O)Nc1ccc(Br)cc1F. The van der Waals surface area contributed by atoms with Gasteiger partial charge in [0.05, 0.1) is 11.9 Å². The summed E-state index contributed by atoms with van der Waals surface area (Å²) in [6.07, 6.45) is 1.17. The molecule has 0 spiro atoms. The minimum absolute atomic E-state index is 0.0439. The molecule has 0 unspecified atom stereocenters. The monoisotopic (exact) mass is 457 g/mol. The number of phenolic OH excluding ortho intramolecular Hbond substituents is 1. The number of hydrazone groups is 1. The van der Waals surface area contributed by atoms with Crippen molar-refractivity contribution < 1.29 is 19.1 Å². The lowest BCUT2D eigenvalue weighted by Gasteiger charge is -2.05. The minimum atomic E-state index is -1.08. The third-order valence-corrected chi connectivity index (χ3v) is 3.73. The minimum Gasteiger partial charge on any atom is -0.507 e. The van der Waals surface area contributed by atoms with E-state index in [-0.39, 0.29) is 11.4 Å². The van der Waals surface area contributed by atoms with E-state index in [4.69, 9.17) is 0 Å². The number of anilines is 1. The quantitative estimate of drug-likeness (QED) is 0.375. The Hall–Kier alpha value is -2.26. The van der Waals surface area contributed by atoms with Crippen LogP contribution in [0.5, 0.6) is 5.75 Å². The molecule has 0 aliphatic rings. The fraction of sp³-hybridized carbons (Fsp3) is 0. The summed E-state index contributed by atoms with van der Waals surface area (Å²) in [4.78, 5) is 23.3. The van der Waals surface area contributed by atoms with E-state index in [2.05, 4.69) is 42.3 Å². The number of hydrogen-bond acceptors (Lipinski definition) is 4. The van der Waals surface area contributed by atoms with Crippen molar-refractivity contribution in [3.63, 3.8) is 0 Å². The highest BCUT2D eigenvalue weighted by atomic mass is 79.9. The zero-order valence-electron chi connectivity index (χ0n) is 11.9. The lowest BCUT2D eigenvalue weighted by Crippen LogP contribution is -2.32. The fourth-order valence-electron chi connectivity index (χ4n) is 1.61. The summed E-state index contributed by atoms with van der Waals surface area (Å²) in [5.41, 5.74) is 2.19. The van der Waals surface area contributed by atoms with Gasteiger partial charge in [0.2, 0.25) is 0 Å². The number of rotatable bonds is 3. The molecule has 0 aromatic heterocycles. The van der Waals surface area contributed by atoms with Crippen LogP contribution in [0.25, 0.3) is 0 Å². The summed E-state index contributed by atoms with van der Waals surface area (Å²) in [7, 11) is 0. The highest BCUT2D eigenvalue weighted by Gasteiger charge is 2.15. The van der Waals surface area contributed by atoms with Crippen molar-refractivity contribution in [3.8, 4) is 5.75 Å². The Balaban J connectivity index is 1.97. The normalized spacial score (nSPS) is 10.6. The predicted octanol–water partition coefficient (Wildman–Crippen LogP) is 3.15. The average Bonchev–Trinajstić information content (AvgIpc) is 2.53. The van der Waals surface area contributed by atoms with Gasteiger partial charge in [-0.1, -0.05) is 31.9 Å². The molecular weight excluding hydrogens is 449 g/mol. The van der Waals surface area contributed by atoms with Crippen LogP contribution < -0.4 is 10.7 Å². The smallest absolute Gasteiger partial charge is 0.329 e. The van der Waals surface area contributed by atoms with Crippen LogP contribution in [0.2, 0.25) is 0 Å². The van der Waals surface area contributed by atoms with Gasteiger partial charge in [0, 0.05) is 14.5 Å². The first-order valence-corrected chi connectivity index (χ1v) is 8.03. The molecule has 0 aliphatic heterocycles. The van der Waals surface area contributed by atoms with E-state index in [1.807, 2.05) is 5.43 Å². The largest absolute Gasteiger partial charge is 0.507 e. The zero-order chi connectivity index (χ0) is 17.7. The number of nitrogens with one attached hydrogen (secondary N) is 2. The van der Waals surface area contributed by atoms with Crippen molar-refractivity contribution in [2.45, 2.75) is 0 Å². The molecule has 2 amide bonds. The van der Waals surface area contributed by atoms with Crippen molar-refractivity contribution in [2.24, 2.45) is 5.10 Å². The number of hydrogen-bond donors (Lipinski definition) is 3. The van der Waals surface area contributed by atoms with E-state index < -0.39 is 17.6 Å². The van der Waals surface area contributed by atoms with Crippen LogP contribution in [0.4, 0.5) is 10.1 Å². The molecule has 0 aliphatic carbocycles. The Morgan fingerprint density at radius 2 is 1.75 bits per heavy atom. The summed E-state index contributed by atoms with van der Waals surface area (Å²) in [5.74, 6) is -2.89. The maximum absolute atomic E-state index is 13.6. The maximum atomic E-state index is 13.6. The van der Waals surface area contributed by atoms with Gasteiger partial charge in [-0.05, 0) is 36.4 Å². The molecule has 0 atom stereocenters. The van der Waals surface area contributed by atoms with Gasteiger partial charge in [-0.3, -0.25) is 9.59 Å². The molecule has 0 bridgehead atoms. The van der Waals surface area contributed by atoms with Gasteiger partial charge in [0.15, 0.2) is 0 Å². The molecule has 0 heterocycles. The van der Waals surface area contributed by atoms with E-state index in [1.54, 1.807) is 12.1 Å². The average molecular weight is 459 g/mol. The molecule has 2 aromatic rings. The van der Waals surface area contributed by atoms with Crippen LogP contribution in [0.3, 0.4) is 0 Å². The van der Waals surface area contributed by atoms with Crippen molar-refractivity contribution in [3.05, 3.63) is 56.7 Å². The molecule has 2 rings (SSSR count). The number of phenols is 1. The third kappa shape index (κ3) is 4.87. The van der Waals surface area contributed by atoms with Crippen molar-refractivity contribution in [1.29, 1.82) is 0 Å². The molecule has 3 N–H and O–H groups in total. The number of aromatic hydroxyl groups is 1. The topological polar surface area (TPSA) is 90.8 Å². The van der Waals surface area contributed by atoms with Crippen LogP contribution in [0.15, 0.2) is 50.4 Å². The van der Waals surface area contributed by atoms with Crippen LogP contribution in [0, 0.1) is 5.82 Å². The van der Waals surface area contributed by atoms with Crippen molar-refractivity contribution in [1.82, 2.24) is 5.43 Å². The Labute approximate surface area is 153 Å². The molecule has 9 heteroatoms. The number of nitrogens with zero attached hydrogens (tertiary/aromatic N) is 1. The Morgan fingerprint density at radius 1 is 1.08 bits per heavy atom. The summed E-state index contributed by atoms with van der Waals surface area (Å²) >= 11 is 6.31. The second-order valence-corrected chi connectivity index (χ2v) is 6.31. The lowest BCUT2D eigenvalue weighted by atomic mass is 10.2. The lowest BCUT2D eigenvalue weighted by molar-refractivity contribution is -0.136. The Morgan fingerprint density at radius 3 is 2.46 bits per heavy atom. The number of halogens is 3. The van der Waals surface area contributed by atoms with Gasteiger partial charge in [0.25, 0.3) is 0 Å². The maximum Gasteiger partial charge on any atom is 0.329 e. The first kappa shape index (κ1) is 18.1. The third-order valence-electron chi connectivity index (χ3n) is 2.74. The first-order chi connectivity index (χ1) is 11.4. The van der Waals surface area contributed by atoms with Gasteiger partial charge in [-0.15, -0.1) is 0 Å². The van der Waals surface area contributed by atoms with Crippen LogP contribution in [-0.4, -0.2) is 23.1 Å². The van der Waals surface area contributed by atoms with E-state index in [9.17, 15) is 19.1 Å². The molecule has 0 saturated heterocycles. The van der Waals surface area contributed by atoms with Gasteiger partial charge in [0.1, 0.15) is 11.6 Å². The molecule has 0 saturated carbocycles. The fourth-order valence-corrected chi connectivity index (χ4v) is 2.32. The van der Waals surface area contributed by atoms with Crippen LogP contribution in [-0.2, 0) is 9.59 Å². The predicted molar refractivity (Wildman–Crippen MR) is 94.3 cm³/mol. The second kappa shape index (κ2) is 8.02. The zero-order valence-corrected chi connectivity index (χ0v) is 15.1. The summed E-state index contributed by atoms with van der Waals surface area (Å²) < 4.78 is 14.8. The molecule has 24 heavy (non-hydrogen) atoms. The number of amides is 2.